The second-order valence-corrected chi connectivity index (χ2v) is 5.41. The van der Waals surface area contributed by atoms with Gasteiger partial charge >= 0.3 is 0 Å². The minimum Gasteiger partial charge on any atom is -0.0836 e. The van der Waals surface area contributed by atoms with Crippen LogP contribution in [-0.2, 0) is 6.42 Å². The molecule has 0 saturated heterocycles. The van der Waals surface area contributed by atoms with E-state index in [0.29, 0.717) is 0 Å². The van der Waals surface area contributed by atoms with Crippen LogP contribution in [0.15, 0.2) is 91.0 Å². The molecule has 0 spiro atoms. The zero-order valence-electron chi connectivity index (χ0n) is 12.7. The van der Waals surface area contributed by atoms with Gasteiger partial charge in [-0.15, -0.1) is 0 Å². The molecular weight excluding hydrogens is 264 g/mol. The van der Waals surface area contributed by atoms with Crippen LogP contribution < -0.4 is 0 Å². The molecule has 3 aromatic carbocycles. The highest BCUT2D eigenvalue weighted by Gasteiger charge is 1.95. The Morgan fingerprint density at radius 1 is 0.591 bits per heavy atom. The summed E-state index contributed by atoms with van der Waals surface area (Å²) in [7, 11) is 0. The van der Waals surface area contributed by atoms with Crippen LogP contribution in [-0.4, -0.2) is 0 Å². The molecule has 0 heterocycles. The van der Waals surface area contributed by atoms with Gasteiger partial charge in [-0.1, -0.05) is 97.1 Å². The van der Waals surface area contributed by atoms with Gasteiger partial charge in [0.1, 0.15) is 0 Å². The third kappa shape index (κ3) is 3.95. The van der Waals surface area contributed by atoms with Gasteiger partial charge in [-0.3, -0.25) is 0 Å². The Hall–Kier alpha value is -2.60. The summed E-state index contributed by atoms with van der Waals surface area (Å²) in [5.74, 6) is 0. The van der Waals surface area contributed by atoms with Gasteiger partial charge < -0.3 is 0 Å². The molecule has 0 aromatic heterocycles. The summed E-state index contributed by atoms with van der Waals surface area (Å²) in [4.78, 5) is 0. The SMILES string of the molecule is C(=Cc1ccc(-c2ccccc2)cc1)CCc1ccccc1. The second kappa shape index (κ2) is 7.42. The number of hydrogen-bond acceptors (Lipinski definition) is 0. The van der Waals surface area contributed by atoms with Crippen LogP contribution in [0.5, 0.6) is 0 Å². The number of rotatable bonds is 5. The van der Waals surface area contributed by atoms with Crippen molar-refractivity contribution in [1.82, 2.24) is 0 Å². The monoisotopic (exact) mass is 284 g/mol. The quantitative estimate of drug-likeness (QED) is 0.539. The van der Waals surface area contributed by atoms with E-state index in [2.05, 4.69) is 91.0 Å². The largest absolute Gasteiger partial charge is 0.0836 e. The summed E-state index contributed by atoms with van der Waals surface area (Å²) in [6, 6.07) is 29.9. The van der Waals surface area contributed by atoms with Crippen molar-refractivity contribution in [2.75, 3.05) is 0 Å². The van der Waals surface area contributed by atoms with Crippen molar-refractivity contribution in [3.8, 4) is 11.1 Å². The Morgan fingerprint density at radius 2 is 1.18 bits per heavy atom. The van der Waals surface area contributed by atoms with Gasteiger partial charge in [0.15, 0.2) is 0 Å². The lowest BCUT2D eigenvalue weighted by Gasteiger charge is -2.02. The Bertz CT molecular complexity index is 707. The van der Waals surface area contributed by atoms with Crippen molar-refractivity contribution in [3.63, 3.8) is 0 Å². The molecule has 0 aliphatic heterocycles. The Balaban J connectivity index is 1.58. The molecule has 0 bridgehead atoms. The summed E-state index contributed by atoms with van der Waals surface area (Å²) in [5.41, 5.74) is 5.18. The van der Waals surface area contributed by atoms with Crippen LogP contribution in [0.25, 0.3) is 17.2 Å². The average Bonchev–Trinajstić information content (AvgIpc) is 2.61. The number of benzene rings is 3. The van der Waals surface area contributed by atoms with Crippen molar-refractivity contribution < 1.29 is 0 Å². The fraction of sp³-hybridized carbons (Fsp3) is 0.0909. The fourth-order valence-electron chi connectivity index (χ4n) is 2.53. The molecule has 0 amide bonds. The first kappa shape index (κ1) is 14.3. The van der Waals surface area contributed by atoms with Crippen molar-refractivity contribution >= 4 is 6.08 Å². The number of hydrogen-bond donors (Lipinski definition) is 0. The molecule has 0 atom stereocenters. The van der Waals surface area contributed by atoms with Crippen LogP contribution >= 0.6 is 0 Å². The Kier molecular flexibility index (Phi) is 4.84. The van der Waals surface area contributed by atoms with Gasteiger partial charge in [0.05, 0.1) is 0 Å². The summed E-state index contributed by atoms with van der Waals surface area (Å²) >= 11 is 0. The fourth-order valence-corrected chi connectivity index (χ4v) is 2.53. The lowest BCUT2D eigenvalue weighted by Crippen LogP contribution is -1.81. The van der Waals surface area contributed by atoms with Crippen molar-refractivity contribution in [1.29, 1.82) is 0 Å². The van der Waals surface area contributed by atoms with E-state index in [4.69, 9.17) is 0 Å². The summed E-state index contributed by atoms with van der Waals surface area (Å²) in [6.07, 6.45) is 6.63. The lowest BCUT2D eigenvalue weighted by atomic mass is 10.0. The maximum atomic E-state index is 2.25. The van der Waals surface area contributed by atoms with Crippen LogP contribution in [0.4, 0.5) is 0 Å². The van der Waals surface area contributed by atoms with Crippen molar-refractivity contribution in [2.45, 2.75) is 12.8 Å². The molecule has 0 nitrogen and oxygen atoms in total. The number of aryl methyl sites for hydroxylation is 1. The molecule has 3 aromatic rings. The van der Waals surface area contributed by atoms with Crippen molar-refractivity contribution in [2.24, 2.45) is 0 Å². The van der Waals surface area contributed by atoms with Crippen molar-refractivity contribution in [3.05, 3.63) is 102 Å². The third-order valence-electron chi connectivity index (χ3n) is 3.77. The van der Waals surface area contributed by atoms with Crippen LogP contribution in [0.3, 0.4) is 0 Å². The van der Waals surface area contributed by atoms with Gasteiger partial charge in [0, 0.05) is 0 Å². The summed E-state index contributed by atoms with van der Waals surface area (Å²) in [6.45, 7) is 0. The topological polar surface area (TPSA) is 0 Å². The van der Waals surface area contributed by atoms with Gasteiger partial charge in [-0.05, 0) is 35.1 Å². The zero-order valence-corrected chi connectivity index (χ0v) is 12.7. The van der Waals surface area contributed by atoms with E-state index in [-0.39, 0.29) is 0 Å². The van der Waals surface area contributed by atoms with Gasteiger partial charge in [-0.2, -0.15) is 0 Å². The van der Waals surface area contributed by atoms with E-state index in [1.807, 2.05) is 6.07 Å². The normalized spacial score (nSPS) is 10.9. The molecule has 108 valence electrons. The first-order valence-electron chi connectivity index (χ1n) is 7.78. The first-order chi connectivity index (χ1) is 10.9. The Labute approximate surface area is 132 Å². The van der Waals surface area contributed by atoms with E-state index in [0.717, 1.165) is 12.8 Å². The van der Waals surface area contributed by atoms with Gasteiger partial charge in [-0.25, -0.2) is 0 Å². The van der Waals surface area contributed by atoms with Crippen LogP contribution in [0.2, 0.25) is 0 Å². The van der Waals surface area contributed by atoms with E-state index < -0.39 is 0 Å². The molecule has 22 heavy (non-hydrogen) atoms. The molecule has 0 fully saturated rings. The molecular formula is C22H20. The predicted molar refractivity (Wildman–Crippen MR) is 95.7 cm³/mol. The third-order valence-corrected chi connectivity index (χ3v) is 3.77. The summed E-state index contributed by atoms with van der Waals surface area (Å²) in [5, 5.41) is 0. The molecule has 0 heteroatoms. The van der Waals surface area contributed by atoms with E-state index >= 15 is 0 Å². The molecule has 0 aliphatic carbocycles. The standard InChI is InChI=1S/C22H20/c1-3-9-19(10-4-1)11-7-8-12-20-15-17-22(18-16-20)21-13-5-2-6-14-21/h1-6,8-10,12-18H,7,11H2. The lowest BCUT2D eigenvalue weighted by molar-refractivity contribution is 1.01. The van der Waals surface area contributed by atoms with E-state index in [1.165, 1.54) is 22.3 Å². The van der Waals surface area contributed by atoms with Crippen LogP contribution in [0.1, 0.15) is 17.5 Å². The highest BCUT2D eigenvalue weighted by molar-refractivity contribution is 5.65. The zero-order chi connectivity index (χ0) is 15.0. The average molecular weight is 284 g/mol. The number of allylic oxidation sites excluding steroid dienone is 1. The van der Waals surface area contributed by atoms with E-state index in [1.54, 1.807) is 0 Å². The minimum absolute atomic E-state index is 1.07. The van der Waals surface area contributed by atoms with Crippen LogP contribution in [0, 0.1) is 0 Å². The van der Waals surface area contributed by atoms with Gasteiger partial charge in [0.2, 0.25) is 0 Å². The maximum Gasteiger partial charge on any atom is -0.0184 e. The molecule has 0 saturated carbocycles. The molecule has 0 radical (unpaired) electrons. The van der Waals surface area contributed by atoms with Gasteiger partial charge in [0.25, 0.3) is 0 Å². The maximum absolute atomic E-state index is 2.25. The Morgan fingerprint density at radius 3 is 1.86 bits per heavy atom. The predicted octanol–water partition coefficient (Wildman–Crippen LogP) is 6.00. The smallest absolute Gasteiger partial charge is 0.0184 e. The van der Waals surface area contributed by atoms with E-state index in [9.17, 15) is 0 Å². The second-order valence-electron chi connectivity index (χ2n) is 5.41. The summed E-state index contributed by atoms with van der Waals surface area (Å²) < 4.78 is 0. The molecule has 0 N–H and O–H groups in total. The molecule has 3 rings (SSSR count). The first-order valence-corrected chi connectivity index (χ1v) is 7.78. The highest BCUT2D eigenvalue weighted by Crippen LogP contribution is 2.19. The minimum atomic E-state index is 1.07. The highest BCUT2D eigenvalue weighted by atomic mass is 14.0. The molecule has 0 aliphatic rings. The molecule has 0 unspecified atom stereocenters.